The van der Waals surface area contributed by atoms with E-state index >= 15 is 0 Å². The normalized spacial score (nSPS) is 9.90. The van der Waals surface area contributed by atoms with Gasteiger partial charge < -0.3 is 20.4 Å². The molecule has 0 heterocycles. The van der Waals surface area contributed by atoms with E-state index in [1.165, 1.54) is 6.08 Å². The van der Waals surface area contributed by atoms with E-state index in [1.807, 2.05) is 0 Å². The number of aliphatic hydroxyl groups is 4. The molecule has 0 saturated heterocycles. The van der Waals surface area contributed by atoms with Gasteiger partial charge in [-0.2, -0.15) is 0 Å². The van der Waals surface area contributed by atoms with Crippen LogP contribution in [0.2, 0.25) is 0 Å². The van der Waals surface area contributed by atoms with Crippen molar-refractivity contribution < 1.29 is 20.4 Å². The van der Waals surface area contributed by atoms with Gasteiger partial charge in [-0.15, -0.1) is 0 Å². The highest BCUT2D eigenvalue weighted by Gasteiger charge is 1.94. The van der Waals surface area contributed by atoms with E-state index in [4.69, 9.17) is 20.4 Å². The minimum Gasteiger partial charge on any atom is -0.481 e. The number of rotatable bonds is 4. The Morgan fingerprint density at radius 2 is 1.90 bits per heavy atom. The molecule has 0 aliphatic carbocycles. The third-order valence-electron chi connectivity index (χ3n) is 0.993. The van der Waals surface area contributed by atoms with Crippen molar-refractivity contribution in [2.45, 2.75) is 25.6 Å². The Balaban J connectivity index is 3.13. The molecule has 0 bridgehead atoms. The average molecular weight is 148 g/mol. The molecule has 0 aliphatic heterocycles. The summed E-state index contributed by atoms with van der Waals surface area (Å²) < 4.78 is 0. The lowest BCUT2D eigenvalue weighted by Gasteiger charge is -1.98. The molecule has 0 saturated carbocycles. The van der Waals surface area contributed by atoms with Crippen molar-refractivity contribution in [2.24, 2.45) is 0 Å². The van der Waals surface area contributed by atoms with Gasteiger partial charge in [0.15, 0.2) is 6.29 Å². The molecule has 0 aromatic heterocycles. The first-order valence-electron chi connectivity index (χ1n) is 3.07. The van der Waals surface area contributed by atoms with E-state index < -0.39 is 12.2 Å². The fourth-order valence-electron chi connectivity index (χ4n) is 0.532. The molecule has 0 rings (SSSR count). The molecule has 0 aromatic carbocycles. The molecule has 4 N–H and O–H groups in total. The van der Waals surface area contributed by atoms with Gasteiger partial charge in [0.05, 0.1) is 0 Å². The fourth-order valence-corrected chi connectivity index (χ4v) is 0.532. The molecule has 4 heteroatoms. The van der Waals surface area contributed by atoms with Crippen LogP contribution in [0.4, 0.5) is 0 Å². The number of aliphatic hydroxyl groups excluding tert-OH is 2. The molecule has 4 nitrogen and oxygen atoms in total. The van der Waals surface area contributed by atoms with Gasteiger partial charge in [-0.25, -0.2) is 0 Å². The lowest BCUT2D eigenvalue weighted by atomic mass is 10.2. The smallest absolute Gasteiger partial charge is 0.269 e. The van der Waals surface area contributed by atoms with Crippen LogP contribution in [-0.2, 0) is 0 Å². The third-order valence-corrected chi connectivity index (χ3v) is 0.993. The van der Waals surface area contributed by atoms with Crippen LogP contribution in [0.5, 0.6) is 0 Å². The van der Waals surface area contributed by atoms with Crippen LogP contribution in [0.1, 0.15) is 19.3 Å². The molecule has 0 atom stereocenters. The predicted molar refractivity (Wildman–Crippen MR) is 35.4 cm³/mol. The Kier molecular flexibility index (Phi) is 4.70. The van der Waals surface area contributed by atoms with E-state index in [9.17, 15) is 0 Å². The molecule has 0 unspecified atom stereocenters. The van der Waals surface area contributed by atoms with E-state index in [1.54, 1.807) is 0 Å². The van der Waals surface area contributed by atoms with Gasteiger partial charge >= 0.3 is 0 Å². The van der Waals surface area contributed by atoms with Crippen LogP contribution in [0.15, 0.2) is 12.0 Å². The van der Waals surface area contributed by atoms with Gasteiger partial charge in [-0.1, -0.05) is 0 Å². The van der Waals surface area contributed by atoms with E-state index in [0.717, 1.165) is 0 Å². The zero-order valence-corrected chi connectivity index (χ0v) is 5.56. The van der Waals surface area contributed by atoms with Crippen molar-refractivity contribution in [1.29, 1.82) is 0 Å². The molecular weight excluding hydrogens is 136 g/mol. The highest BCUT2D eigenvalue weighted by atomic mass is 16.5. The van der Waals surface area contributed by atoms with Crippen LogP contribution in [-0.4, -0.2) is 26.7 Å². The number of hydrogen-bond donors (Lipinski definition) is 4. The van der Waals surface area contributed by atoms with E-state index in [2.05, 4.69) is 0 Å². The highest BCUT2D eigenvalue weighted by Crippen LogP contribution is 1.99. The standard InChI is InChI=1S/C6H12O4/c7-5(8)3-1-2-4-6(9)10/h3,6-10H,1-2,4H2. The SMILES string of the molecule is OC(O)=CCCCC(O)O. The van der Waals surface area contributed by atoms with Crippen LogP contribution in [0.3, 0.4) is 0 Å². The lowest BCUT2D eigenvalue weighted by molar-refractivity contribution is -0.0461. The monoisotopic (exact) mass is 148 g/mol. The molecule has 0 aliphatic rings. The van der Waals surface area contributed by atoms with Gasteiger partial charge in [0.25, 0.3) is 5.95 Å². The Morgan fingerprint density at radius 3 is 2.30 bits per heavy atom. The molecule has 0 aromatic rings. The maximum atomic E-state index is 8.33. The summed E-state index contributed by atoms with van der Waals surface area (Å²) in [5, 5.41) is 33.1. The van der Waals surface area contributed by atoms with Crippen molar-refractivity contribution in [3.8, 4) is 0 Å². The van der Waals surface area contributed by atoms with Gasteiger partial charge in [0.2, 0.25) is 0 Å². The molecule has 0 amide bonds. The van der Waals surface area contributed by atoms with Gasteiger partial charge in [0, 0.05) is 0 Å². The van der Waals surface area contributed by atoms with Crippen molar-refractivity contribution in [2.75, 3.05) is 0 Å². The third kappa shape index (κ3) is 7.26. The number of unbranched alkanes of at least 4 members (excludes halogenated alkanes) is 1. The zero-order valence-electron chi connectivity index (χ0n) is 5.56. The first-order chi connectivity index (χ1) is 4.63. The second kappa shape index (κ2) is 5.08. The second-order valence-electron chi connectivity index (χ2n) is 1.97. The van der Waals surface area contributed by atoms with Crippen LogP contribution in [0, 0.1) is 0 Å². The largest absolute Gasteiger partial charge is 0.481 e. The molecule has 60 valence electrons. The topological polar surface area (TPSA) is 80.9 Å². The van der Waals surface area contributed by atoms with E-state index in [-0.39, 0.29) is 6.42 Å². The summed E-state index contributed by atoms with van der Waals surface area (Å²) in [6.45, 7) is 0. The number of hydrogen-bond acceptors (Lipinski definition) is 4. The van der Waals surface area contributed by atoms with Gasteiger partial charge in [0.1, 0.15) is 0 Å². The molecule has 10 heavy (non-hydrogen) atoms. The van der Waals surface area contributed by atoms with Crippen molar-refractivity contribution in [1.82, 2.24) is 0 Å². The minimum absolute atomic E-state index is 0.254. The predicted octanol–water partition coefficient (Wildman–Crippen LogP) is 0.425. The van der Waals surface area contributed by atoms with Gasteiger partial charge in [-0.3, -0.25) is 0 Å². The summed E-state index contributed by atoms with van der Waals surface area (Å²) in [4.78, 5) is 0. The van der Waals surface area contributed by atoms with Crippen molar-refractivity contribution in [3.63, 3.8) is 0 Å². The second-order valence-corrected chi connectivity index (χ2v) is 1.97. The Bertz CT molecular complexity index is 104. The maximum absolute atomic E-state index is 8.33. The zero-order chi connectivity index (χ0) is 7.98. The van der Waals surface area contributed by atoms with Crippen molar-refractivity contribution in [3.05, 3.63) is 12.0 Å². The fraction of sp³-hybridized carbons (Fsp3) is 0.667. The minimum atomic E-state index is -1.30. The Labute approximate surface area is 59.1 Å². The summed E-state index contributed by atoms with van der Waals surface area (Å²) in [5.41, 5.74) is 0. The first kappa shape index (κ1) is 9.26. The molecule has 0 spiro atoms. The quantitative estimate of drug-likeness (QED) is 0.264. The summed E-state index contributed by atoms with van der Waals surface area (Å²) >= 11 is 0. The van der Waals surface area contributed by atoms with E-state index in [0.29, 0.717) is 12.8 Å². The maximum Gasteiger partial charge on any atom is 0.269 e. The summed E-state index contributed by atoms with van der Waals surface area (Å²) in [5.74, 6) is -0.715. The Hall–Kier alpha value is -0.740. The number of allylic oxidation sites excluding steroid dienone is 1. The van der Waals surface area contributed by atoms with Crippen LogP contribution < -0.4 is 0 Å². The van der Waals surface area contributed by atoms with Gasteiger partial charge in [-0.05, 0) is 25.3 Å². The Morgan fingerprint density at radius 1 is 1.30 bits per heavy atom. The summed E-state index contributed by atoms with van der Waals surface area (Å²) in [6.07, 6.45) is 1.14. The first-order valence-corrected chi connectivity index (χ1v) is 3.07. The van der Waals surface area contributed by atoms with Crippen LogP contribution in [0.25, 0.3) is 0 Å². The van der Waals surface area contributed by atoms with Crippen molar-refractivity contribution >= 4 is 0 Å². The summed E-state index contributed by atoms with van der Waals surface area (Å²) in [7, 11) is 0. The lowest BCUT2D eigenvalue weighted by Crippen LogP contribution is -2.02. The van der Waals surface area contributed by atoms with Crippen LogP contribution >= 0.6 is 0 Å². The molecule has 0 radical (unpaired) electrons. The molecular formula is C6H12O4. The highest BCUT2D eigenvalue weighted by molar-refractivity contribution is 4.78. The summed E-state index contributed by atoms with van der Waals surface area (Å²) in [6, 6.07) is 0. The molecule has 0 fully saturated rings. The average Bonchev–Trinajstić information content (AvgIpc) is 1.79.